The van der Waals surface area contributed by atoms with Gasteiger partial charge in [0.2, 0.25) is 0 Å². The van der Waals surface area contributed by atoms with Gasteiger partial charge in [0.05, 0.1) is 6.10 Å². The van der Waals surface area contributed by atoms with Gasteiger partial charge in [-0.3, -0.25) is 0 Å². The van der Waals surface area contributed by atoms with Crippen LogP contribution in [-0.2, 0) is 9.47 Å². The van der Waals surface area contributed by atoms with Crippen LogP contribution in [0.15, 0.2) is 36.4 Å². The smallest absolute Gasteiger partial charge is 0.343 e. The summed E-state index contributed by atoms with van der Waals surface area (Å²) in [6.45, 7) is 1.36. The van der Waals surface area contributed by atoms with E-state index in [1.807, 2.05) is 30.3 Å². The van der Waals surface area contributed by atoms with Gasteiger partial charge in [-0.1, -0.05) is 36.4 Å². The van der Waals surface area contributed by atoms with Crippen molar-refractivity contribution in [1.29, 1.82) is 0 Å². The van der Waals surface area contributed by atoms with Gasteiger partial charge in [-0.25, -0.2) is 0 Å². The molecule has 3 atom stereocenters. The van der Waals surface area contributed by atoms with Gasteiger partial charge in [0.15, 0.2) is 12.4 Å². The fraction of sp³-hybridized carbons (Fsp3) is 0.385. The molecule has 1 aliphatic heterocycles. The van der Waals surface area contributed by atoms with Crippen molar-refractivity contribution in [2.24, 2.45) is 0 Å². The van der Waals surface area contributed by atoms with Crippen molar-refractivity contribution in [3.8, 4) is 0 Å². The van der Waals surface area contributed by atoms with Gasteiger partial charge in [0.1, 0.15) is 0 Å². The number of alkyl halides is 3. The molecule has 0 spiro atoms. The monoisotopic (exact) mass is 258 g/mol. The van der Waals surface area contributed by atoms with Crippen LogP contribution in [0.2, 0.25) is 0 Å². The molecule has 0 aromatic heterocycles. The van der Waals surface area contributed by atoms with E-state index in [4.69, 9.17) is 9.47 Å². The number of benzene rings is 1. The lowest BCUT2D eigenvalue weighted by Crippen LogP contribution is -2.35. The van der Waals surface area contributed by atoms with E-state index < -0.39 is 24.7 Å². The zero-order chi connectivity index (χ0) is 13.2. The van der Waals surface area contributed by atoms with Crippen molar-refractivity contribution in [2.45, 2.75) is 31.6 Å². The lowest BCUT2D eigenvalue weighted by Gasteiger charge is -2.15. The maximum atomic E-state index is 12.5. The van der Waals surface area contributed by atoms with Gasteiger partial charge in [-0.2, -0.15) is 13.2 Å². The zero-order valence-corrected chi connectivity index (χ0v) is 9.72. The van der Waals surface area contributed by atoms with E-state index in [1.165, 1.54) is 13.0 Å². The maximum absolute atomic E-state index is 12.5. The maximum Gasteiger partial charge on any atom is 0.417 e. The van der Waals surface area contributed by atoms with Crippen molar-refractivity contribution in [2.75, 3.05) is 0 Å². The van der Waals surface area contributed by atoms with Crippen LogP contribution in [-0.4, -0.2) is 24.7 Å². The zero-order valence-electron chi connectivity index (χ0n) is 9.72. The molecule has 2 nitrogen and oxygen atoms in total. The summed E-state index contributed by atoms with van der Waals surface area (Å²) in [6.07, 6.45) is -5.03. The summed E-state index contributed by atoms with van der Waals surface area (Å²) in [5.74, 6) is 0. The second-order valence-electron chi connectivity index (χ2n) is 4.08. The third-order valence-electron chi connectivity index (χ3n) is 2.62. The Morgan fingerprint density at radius 2 is 1.78 bits per heavy atom. The Labute approximate surface area is 103 Å². The fourth-order valence-corrected chi connectivity index (χ4v) is 1.76. The SMILES string of the molecule is C[C@@H]1O[C@H](/C=C/c2ccccc2)O[C@@H]1C(F)(F)F. The molecule has 1 aromatic carbocycles. The molecule has 5 heteroatoms. The lowest BCUT2D eigenvalue weighted by molar-refractivity contribution is -0.213. The molecule has 98 valence electrons. The van der Waals surface area contributed by atoms with Gasteiger partial charge >= 0.3 is 6.18 Å². The molecule has 1 heterocycles. The molecule has 1 saturated heterocycles. The quantitative estimate of drug-likeness (QED) is 0.809. The van der Waals surface area contributed by atoms with E-state index in [-0.39, 0.29) is 0 Å². The van der Waals surface area contributed by atoms with Crippen LogP contribution in [0.5, 0.6) is 0 Å². The largest absolute Gasteiger partial charge is 0.417 e. The Bertz CT molecular complexity index is 414. The first-order chi connectivity index (χ1) is 8.47. The molecule has 0 N–H and O–H groups in total. The molecule has 0 amide bonds. The molecule has 0 bridgehead atoms. The molecular formula is C13H13F3O2. The van der Waals surface area contributed by atoms with Crippen LogP contribution in [0, 0.1) is 0 Å². The Morgan fingerprint density at radius 3 is 2.33 bits per heavy atom. The molecule has 1 aliphatic rings. The van der Waals surface area contributed by atoms with Crippen molar-refractivity contribution in [3.63, 3.8) is 0 Å². The van der Waals surface area contributed by atoms with E-state index in [1.54, 1.807) is 6.08 Å². The fourth-order valence-electron chi connectivity index (χ4n) is 1.76. The summed E-state index contributed by atoms with van der Waals surface area (Å²) in [4.78, 5) is 0. The molecule has 0 unspecified atom stereocenters. The van der Waals surface area contributed by atoms with Gasteiger partial charge in [-0.05, 0) is 18.6 Å². The predicted molar refractivity (Wildman–Crippen MR) is 60.7 cm³/mol. The topological polar surface area (TPSA) is 18.5 Å². The Balaban J connectivity index is 1.99. The van der Waals surface area contributed by atoms with Crippen molar-refractivity contribution >= 4 is 6.08 Å². The average Bonchev–Trinajstić information content (AvgIpc) is 2.69. The van der Waals surface area contributed by atoms with Crippen LogP contribution in [0.25, 0.3) is 6.08 Å². The minimum atomic E-state index is -4.39. The summed E-state index contributed by atoms with van der Waals surface area (Å²) in [5, 5.41) is 0. The Hall–Kier alpha value is -1.33. The Morgan fingerprint density at radius 1 is 1.11 bits per heavy atom. The summed E-state index contributed by atoms with van der Waals surface area (Å²) < 4.78 is 47.5. The highest BCUT2D eigenvalue weighted by Crippen LogP contribution is 2.33. The number of rotatable bonds is 2. The summed E-state index contributed by atoms with van der Waals surface area (Å²) in [6, 6.07) is 9.24. The van der Waals surface area contributed by atoms with Crippen LogP contribution < -0.4 is 0 Å². The normalized spacial score (nSPS) is 29.0. The van der Waals surface area contributed by atoms with Crippen molar-refractivity contribution < 1.29 is 22.6 Å². The third kappa shape index (κ3) is 3.11. The second kappa shape index (κ2) is 5.12. The van der Waals surface area contributed by atoms with Gasteiger partial charge in [0, 0.05) is 0 Å². The van der Waals surface area contributed by atoms with Crippen LogP contribution in [0.1, 0.15) is 12.5 Å². The molecule has 0 radical (unpaired) electrons. The average molecular weight is 258 g/mol. The van der Waals surface area contributed by atoms with E-state index in [0.29, 0.717) is 0 Å². The second-order valence-corrected chi connectivity index (χ2v) is 4.08. The van der Waals surface area contributed by atoms with Crippen molar-refractivity contribution in [3.05, 3.63) is 42.0 Å². The molecule has 2 rings (SSSR count). The van der Waals surface area contributed by atoms with Crippen LogP contribution in [0.3, 0.4) is 0 Å². The van der Waals surface area contributed by atoms with Crippen LogP contribution >= 0.6 is 0 Å². The standard InChI is InChI=1S/C13H13F3O2/c1-9-12(13(14,15)16)18-11(17-9)8-7-10-5-3-2-4-6-10/h2-9,11-12H,1H3/b8-7+/t9-,11-,12-/m0/s1. The number of hydrogen-bond acceptors (Lipinski definition) is 2. The number of ether oxygens (including phenoxy) is 2. The minimum Gasteiger partial charge on any atom is -0.343 e. The predicted octanol–water partition coefficient (Wildman–Crippen LogP) is 3.39. The molecule has 1 fully saturated rings. The first kappa shape index (κ1) is 13.1. The van der Waals surface area contributed by atoms with Gasteiger partial charge in [0.25, 0.3) is 0 Å². The lowest BCUT2D eigenvalue weighted by atomic mass is 10.2. The van der Waals surface area contributed by atoms with Gasteiger partial charge < -0.3 is 9.47 Å². The summed E-state index contributed by atoms with van der Waals surface area (Å²) in [5.41, 5.74) is 0.882. The molecule has 0 saturated carbocycles. The number of hydrogen-bond donors (Lipinski definition) is 0. The molecular weight excluding hydrogens is 245 g/mol. The van der Waals surface area contributed by atoms with E-state index >= 15 is 0 Å². The molecule has 18 heavy (non-hydrogen) atoms. The van der Waals surface area contributed by atoms with E-state index in [2.05, 4.69) is 0 Å². The van der Waals surface area contributed by atoms with E-state index in [9.17, 15) is 13.2 Å². The Kier molecular flexibility index (Phi) is 3.73. The third-order valence-corrected chi connectivity index (χ3v) is 2.62. The highest BCUT2D eigenvalue weighted by atomic mass is 19.4. The molecule has 0 aliphatic carbocycles. The summed E-state index contributed by atoms with van der Waals surface area (Å²) >= 11 is 0. The number of halogens is 3. The molecule has 1 aromatic rings. The first-order valence-electron chi connectivity index (χ1n) is 5.58. The van der Waals surface area contributed by atoms with Crippen molar-refractivity contribution in [1.82, 2.24) is 0 Å². The highest BCUT2D eigenvalue weighted by molar-refractivity contribution is 5.49. The summed E-state index contributed by atoms with van der Waals surface area (Å²) in [7, 11) is 0. The minimum absolute atomic E-state index is 0.882. The highest BCUT2D eigenvalue weighted by Gasteiger charge is 2.50. The van der Waals surface area contributed by atoms with Crippen LogP contribution in [0.4, 0.5) is 13.2 Å². The van der Waals surface area contributed by atoms with Gasteiger partial charge in [-0.15, -0.1) is 0 Å². The first-order valence-corrected chi connectivity index (χ1v) is 5.58. The van der Waals surface area contributed by atoms with E-state index in [0.717, 1.165) is 5.56 Å².